The number of rotatable bonds is 4. The maximum atomic E-state index is 12.1. The van der Waals surface area contributed by atoms with Crippen LogP contribution in [-0.4, -0.2) is 33.5 Å². The van der Waals surface area contributed by atoms with Crippen LogP contribution in [-0.2, 0) is 4.79 Å². The molecule has 146 valence electrons. The molecule has 1 N–H and O–H groups in total. The number of pyridine rings is 1. The van der Waals surface area contributed by atoms with Gasteiger partial charge < -0.3 is 5.11 Å². The molecule has 2 atom stereocenters. The largest absolute Gasteiger partial charge is 0.480 e. The number of piperidine rings is 1. The summed E-state index contributed by atoms with van der Waals surface area (Å²) in [5.74, 6) is -0.741. The van der Waals surface area contributed by atoms with Crippen LogP contribution >= 0.6 is 11.3 Å². The van der Waals surface area contributed by atoms with Crippen molar-refractivity contribution in [3.05, 3.63) is 77.3 Å². The number of carbonyl (C=O) groups is 1. The van der Waals surface area contributed by atoms with Gasteiger partial charge in [-0.2, -0.15) is 0 Å². The number of fused-ring (bicyclic) bond motifs is 2. The normalized spacial score (nSPS) is 18.8. The molecule has 4 aromatic rings. The first kappa shape index (κ1) is 18.3. The van der Waals surface area contributed by atoms with Crippen LogP contribution in [0.5, 0.6) is 0 Å². The summed E-state index contributed by atoms with van der Waals surface area (Å²) in [6.07, 6.45) is 2.65. The Balaban J connectivity index is 1.70. The number of aromatic nitrogens is 1. The van der Waals surface area contributed by atoms with Crippen LogP contribution in [0.15, 0.2) is 66.0 Å². The average molecular weight is 403 g/mol. The van der Waals surface area contributed by atoms with Crippen molar-refractivity contribution in [1.29, 1.82) is 0 Å². The summed E-state index contributed by atoms with van der Waals surface area (Å²) in [6.45, 7) is 0.764. The van der Waals surface area contributed by atoms with Gasteiger partial charge in [-0.05, 0) is 53.9 Å². The molecule has 5 heteroatoms. The van der Waals surface area contributed by atoms with E-state index in [0.29, 0.717) is 6.42 Å². The van der Waals surface area contributed by atoms with Gasteiger partial charge in [0.1, 0.15) is 6.04 Å². The van der Waals surface area contributed by atoms with Crippen molar-refractivity contribution in [3.8, 4) is 0 Å². The minimum absolute atomic E-state index is 0.169. The first-order valence-electron chi connectivity index (χ1n) is 10.0. The zero-order chi connectivity index (χ0) is 19.8. The van der Waals surface area contributed by atoms with E-state index in [9.17, 15) is 9.90 Å². The van der Waals surface area contributed by atoms with E-state index in [4.69, 9.17) is 4.98 Å². The summed E-state index contributed by atoms with van der Waals surface area (Å²) in [5, 5.41) is 14.4. The fraction of sp³-hybridized carbons (Fsp3) is 0.250. The van der Waals surface area contributed by atoms with Gasteiger partial charge in [-0.1, -0.05) is 48.9 Å². The molecular formula is C24H22N2O2S. The Bertz CT molecular complexity index is 1190. The highest BCUT2D eigenvalue weighted by atomic mass is 32.1. The van der Waals surface area contributed by atoms with E-state index in [-0.39, 0.29) is 6.04 Å². The zero-order valence-electron chi connectivity index (χ0n) is 16.0. The Morgan fingerprint density at radius 3 is 2.79 bits per heavy atom. The SMILES string of the molecule is O=C(O)C1CCCCN1C(c1ccc2ccccc2n1)c1csc2ccccc12. The van der Waals surface area contributed by atoms with E-state index >= 15 is 0 Å². The molecule has 1 aliphatic rings. The second kappa shape index (κ2) is 7.58. The standard InChI is InChI=1S/C24H22N2O2S/c27-24(28)21-10-5-6-14-26(21)23(18-15-29-22-11-4-2-8-17(18)22)20-13-12-16-7-1-3-9-19(16)25-20/h1-4,7-9,11-13,15,21,23H,5-6,10,14H2,(H,27,28). The van der Waals surface area contributed by atoms with Gasteiger partial charge in [0.2, 0.25) is 0 Å². The summed E-state index contributed by atoms with van der Waals surface area (Å²) in [7, 11) is 0. The van der Waals surface area contributed by atoms with Crippen molar-refractivity contribution in [1.82, 2.24) is 9.88 Å². The van der Waals surface area contributed by atoms with Gasteiger partial charge in [-0.3, -0.25) is 14.7 Å². The minimum atomic E-state index is -0.741. The second-order valence-corrected chi connectivity index (χ2v) is 8.52. The van der Waals surface area contributed by atoms with Gasteiger partial charge in [-0.15, -0.1) is 11.3 Å². The fourth-order valence-corrected chi connectivity index (χ4v) is 5.46. The smallest absolute Gasteiger partial charge is 0.320 e. The fourth-order valence-electron chi connectivity index (χ4n) is 4.48. The lowest BCUT2D eigenvalue weighted by atomic mass is 9.93. The lowest BCUT2D eigenvalue weighted by Gasteiger charge is -2.39. The van der Waals surface area contributed by atoms with Crippen molar-refractivity contribution in [2.45, 2.75) is 31.3 Å². The highest BCUT2D eigenvalue weighted by molar-refractivity contribution is 7.17. The van der Waals surface area contributed by atoms with Gasteiger partial charge in [-0.25, -0.2) is 0 Å². The quantitative estimate of drug-likeness (QED) is 0.491. The number of hydrogen-bond donors (Lipinski definition) is 1. The number of thiophene rings is 1. The molecule has 0 bridgehead atoms. The van der Waals surface area contributed by atoms with Crippen LogP contribution in [0, 0.1) is 0 Å². The molecule has 0 saturated carbocycles. The summed E-state index contributed by atoms with van der Waals surface area (Å²) >= 11 is 1.71. The summed E-state index contributed by atoms with van der Waals surface area (Å²) in [5.41, 5.74) is 3.01. The second-order valence-electron chi connectivity index (χ2n) is 7.61. The average Bonchev–Trinajstić information content (AvgIpc) is 3.18. The molecule has 2 aromatic heterocycles. The number of nitrogens with zero attached hydrogens (tertiary/aromatic N) is 2. The number of benzene rings is 2. The van der Waals surface area contributed by atoms with Crippen LogP contribution < -0.4 is 0 Å². The monoisotopic (exact) mass is 402 g/mol. The van der Waals surface area contributed by atoms with E-state index < -0.39 is 12.0 Å². The molecule has 3 heterocycles. The predicted octanol–water partition coefficient (Wildman–Crippen LogP) is 5.48. The summed E-state index contributed by atoms with van der Waals surface area (Å²) in [6, 6.07) is 19.9. The molecule has 29 heavy (non-hydrogen) atoms. The third-order valence-corrected chi connectivity index (χ3v) is 6.85. The third-order valence-electron chi connectivity index (χ3n) is 5.87. The molecule has 2 unspecified atom stereocenters. The van der Waals surface area contributed by atoms with E-state index in [0.717, 1.165) is 41.5 Å². The molecule has 4 nitrogen and oxygen atoms in total. The van der Waals surface area contributed by atoms with Crippen LogP contribution in [0.25, 0.3) is 21.0 Å². The maximum absolute atomic E-state index is 12.1. The Hall–Kier alpha value is -2.76. The molecule has 1 aliphatic heterocycles. The number of carboxylic acid groups (broad SMARTS) is 1. The van der Waals surface area contributed by atoms with Crippen LogP contribution in [0.3, 0.4) is 0 Å². The number of carboxylic acids is 1. The highest BCUT2D eigenvalue weighted by Crippen LogP contribution is 2.39. The lowest BCUT2D eigenvalue weighted by molar-refractivity contribution is -0.145. The van der Waals surface area contributed by atoms with Gasteiger partial charge in [0, 0.05) is 10.1 Å². The van der Waals surface area contributed by atoms with Gasteiger partial charge in [0.25, 0.3) is 0 Å². The molecule has 5 rings (SSSR count). The minimum Gasteiger partial charge on any atom is -0.480 e. The molecule has 0 spiro atoms. The van der Waals surface area contributed by atoms with E-state index in [1.165, 1.54) is 10.1 Å². The Morgan fingerprint density at radius 1 is 1.07 bits per heavy atom. The first-order valence-corrected chi connectivity index (χ1v) is 10.9. The summed E-state index contributed by atoms with van der Waals surface area (Å²) < 4.78 is 1.22. The summed E-state index contributed by atoms with van der Waals surface area (Å²) in [4.78, 5) is 19.2. The number of likely N-dealkylation sites (tertiary alicyclic amines) is 1. The Morgan fingerprint density at radius 2 is 1.90 bits per heavy atom. The van der Waals surface area contributed by atoms with Crippen molar-refractivity contribution >= 4 is 38.3 Å². The van der Waals surface area contributed by atoms with Gasteiger partial charge >= 0.3 is 5.97 Å². The van der Waals surface area contributed by atoms with Crippen molar-refractivity contribution in [3.63, 3.8) is 0 Å². The molecule has 0 aliphatic carbocycles. The maximum Gasteiger partial charge on any atom is 0.320 e. The molecule has 1 saturated heterocycles. The number of hydrogen-bond acceptors (Lipinski definition) is 4. The third kappa shape index (κ3) is 3.30. The number of para-hydroxylation sites is 1. The number of aliphatic carboxylic acids is 1. The van der Waals surface area contributed by atoms with Crippen LogP contribution in [0.4, 0.5) is 0 Å². The van der Waals surface area contributed by atoms with Crippen molar-refractivity contribution in [2.24, 2.45) is 0 Å². The molecule has 1 fully saturated rings. The first-order chi connectivity index (χ1) is 14.2. The lowest BCUT2D eigenvalue weighted by Crippen LogP contribution is -2.47. The van der Waals surface area contributed by atoms with Crippen LogP contribution in [0.2, 0.25) is 0 Å². The van der Waals surface area contributed by atoms with Crippen molar-refractivity contribution in [2.75, 3.05) is 6.54 Å². The molecule has 0 amide bonds. The Labute approximate surface area is 173 Å². The molecular weight excluding hydrogens is 380 g/mol. The highest BCUT2D eigenvalue weighted by Gasteiger charge is 2.36. The predicted molar refractivity (Wildman–Crippen MR) is 117 cm³/mol. The topological polar surface area (TPSA) is 53.4 Å². The zero-order valence-corrected chi connectivity index (χ0v) is 16.8. The van der Waals surface area contributed by atoms with E-state index in [1.807, 2.05) is 30.3 Å². The Kier molecular flexibility index (Phi) is 4.78. The van der Waals surface area contributed by atoms with Crippen LogP contribution in [0.1, 0.15) is 36.6 Å². The van der Waals surface area contributed by atoms with Gasteiger partial charge in [0.15, 0.2) is 0 Å². The van der Waals surface area contributed by atoms with Gasteiger partial charge in [0.05, 0.1) is 17.3 Å². The van der Waals surface area contributed by atoms with Crippen molar-refractivity contribution < 1.29 is 9.90 Å². The molecule has 2 aromatic carbocycles. The van der Waals surface area contributed by atoms with E-state index in [2.05, 4.69) is 40.6 Å². The van der Waals surface area contributed by atoms with E-state index in [1.54, 1.807) is 11.3 Å². The molecule has 0 radical (unpaired) electrons.